The first-order valence-electron chi connectivity index (χ1n) is 16.2. The highest BCUT2D eigenvalue weighted by Gasteiger charge is 2.30. The Morgan fingerprint density at radius 2 is 1.63 bits per heavy atom. The molecule has 0 bridgehead atoms. The molecule has 5 rings (SSSR count). The molecule has 1 saturated heterocycles. The minimum atomic E-state index is -4.50. The number of anilines is 2. The maximum Gasteiger partial charge on any atom is 0.416 e. The lowest BCUT2D eigenvalue weighted by Crippen LogP contribution is -2.29. The second kappa shape index (κ2) is 16.4. The fourth-order valence-electron chi connectivity index (χ4n) is 5.60. The van der Waals surface area contributed by atoms with Crippen LogP contribution >= 0.6 is 0 Å². The molecule has 1 aliphatic heterocycles. The van der Waals surface area contributed by atoms with Crippen LogP contribution in [-0.4, -0.2) is 65.5 Å². The third-order valence-corrected chi connectivity index (χ3v) is 8.18. The molecule has 0 spiro atoms. The second-order valence-electron chi connectivity index (χ2n) is 11.7. The number of aliphatic hydroxyl groups is 1. The number of aliphatic hydroxyl groups excluding tert-OH is 1. The van der Waals surface area contributed by atoms with Crippen LogP contribution in [0.1, 0.15) is 74.4 Å². The normalized spacial score (nSPS) is 13.3. The van der Waals surface area contributed by atoms with Gasteiger partial charge in [0, 0.05) is 60.3 Å². The van der Waals surface area contributed by atoms with E-state index in [1.807, 2.05) is 6.07 Å². The zero-order valence-corrected chi connectivity index (χ0v) is 26.8. The molecule has 1 aliphatic rings. The highest BCUT2D eigenvalue weighted by molar-refractivity contribution is 6.11. The summed E-state index contributed by atoms with van der Waals surface area (Å²) in [4.78, 5) is 50.7. The van der Waals surface area contributed by atoms with Gasteiger partial charge in [0.05, 0.1) is 48.5 Å². The number of hydrogen-bond acceptors (Lipinski definition) is 8. The maximum atomic E-state index is 13.8. The summed E-state index contributed by atoms with van der Waals surface area (Å²) < 4.78 is 44.8. The summed E-state index contributed by atoms with van der Waals surface area (Å²) in [6.07, 6.45) is 1.92. The van der Waals surface area contributed by atoms with Crippen molar-refractivity contribution in [3.8, 4) is 11.3 Å². The molecule has 3 aromatic carbocycles. The molecule has 2 N–H and O–H groups in total. The molecule has 0 unspecified atom stereocenters. The SMILES string of the molecule is O=C(CCCOCCO)c1cccc(C(=O)Nc2ccc(N3CCCCC3)cc2C(=O)Cc2cnc(-c3cccc(C(F)(F)F)c3)cn2)c1. The van der Waals surface area contributed by atoms with Gasteiger partial charge in [-0.15, -0.1) is 0 Å². The fraction of sp³-hybridized carbons (Fsp3) is 0.324. The number of carbonyl (C=O) groups excluding carboxylic acids is 3. The molecule has 0 radical (unpaired) electrons. The lowest BCUT2D eigenvalue weighted by atomic mass is 10.0. The molecule has 0 saturated carbocycles. The molecule has 256 valence electrons. The zero-order chi connectivity index (χ0) is 34.8. The fourth-order valence-corrected chi connectivity index (χ4v) is 5.60. The van der Waals surface area contributed by atoms with Gasteiger partial charge in [-0.05, 0) is 68.1 Å². The molecule has 0 atom stereocenters. The monoisotopic (exact) mass is 674 g/mol. The summed E-state index contributed by atoms with van der Waals surface area (Å²) in [5.41, 5.74) is 2.04. The third kappa shape index (κ3) is 9.58. The number of nitrogens with zero attached hydrogens (tertiary/aromatic N) is 3. The van der Waals surface area contributed by atoms with E-state index in [-0.39, 0.29) is 60.0 Å². The first-order valence-corrected chi connectivity index (χ1v) is 16.2. The van der Waals surface area contributed by atoms with Crippen molar-refractivity contribution in [2.24, 2.45) is 0 Å². The highest BCUT2D eigenvalue weighted by atomic mass is 19.4. The summed E-state index contributed by atoms with van der Waals surface area (Å²) in [7, 11) is 0. The van der Waals surface area contributed by atoms with Gasteiger partial charge in [-0.1, -0.05) is 24.3 Å². The van der Waals surface area contributed by atoms with Gasteiger partial charge >= 0.3 is 6.18 Å². The zero-order valence-electron chi connectivity index (χ0n) is 26.8. The standard InChI is InChI=1S/C37H37F3N4O5/c38-37(39,40)28-10-5-7-25(20-28)33-24-41-29(23-42-33)21-35(47)31-22-30(44-14-2-1-3-15-44)12-13-32(31)43-36(48)27-9-4-8-26(19-27)34(46)11-6-17-49-18-16-45/h4-5,7-10,12-13,19-20,22-24,45H,1-3,6,11,14-18,21H2,(H,43,48). The highest BCUT2D eigenvalue weighted by Crippen LogP contribution is 2.32. The van der Waals surface area contributed by atoms with Crippen LogP contribution in [-0.2, 0) is 17.3 Å². The van der Waals surface area contributed by atoms with Gasteiger partial charge < -0.3 is 20.1 Å². The molecule has 12 heteroatoms. The average Bonchev–Trinajstić information content (AvgIpc) is 3.12. The summed E-state index contributed by atoms with van der Waals surface area (Å²) in [5, 5.41) is 11.7. The van der Waals surface area contributed by atoms with Gasteiger partial charge in [0.15, 0.2) is 11.6 Å². The van der Waals surface area contributed by atoms with Crippen LogP contribution in [0.15, 0.2) is 79.1 Å². The second-order valence-corrected chi connectivity index (χ2v) is 11.7. The van der Waals surface area contributed by atoms with Crippen molar-refractivity contribution >= 4 is 28.8 Å². The molecule has 2 heterocycles. The number of hydrogen-bond donors (Lipinski definition) is 2. The van der Waals surface area contributed by atoms with Gasteiger partial charge in [-0.2, -0.15) is 13.2 Å². The van der Waals surface area contributed by atoms with Gasteiger partial charge in [-0.25, -0.2) is 0 Å². The number of rotatable bonds is 14. The number of aromatic nitrogens is 2. The Kier molecular flexibility index (Phi) is 11.9. The molecule has 1 amide bonds. The van der Waals surface area contributed by atoms with E-state index in [9.17, 15) is 27.6 Å². The van der Waals surface area contributed by atoms with Crippen LogP contribution in [0.5, 0.6) is 0 Å². The van der Waals surface area contributed by atoms with Crippen LogP contribution in [0.4, 0.5) is 24.5 Å². The molecule has 0 aliphatic carbocycles. The number of benzene rings is 3. The molecule has 9 nitrogen and oxygen atoms in total. The minimum Gasteiger partial charge on any atom is -0.394 e. The maximum absolute atomic E-state index is 13.8. The van der Waals surface area contributed by atoms with Crippen molar-refractivity contribution in [2.75, 3.05) is 43.1 Å². The topological polar surface area (TPSA) is 122 Å². The third-order valence-electron chi connectivity index (χ3n) is 8.18. The molecular formula is C37H37F3N4O5. The van der Waals surface area contributed by atoms with E-state index >= 15 is 0 Å². The number of Topliss-reactive ketones (excluding diaryl/α,β-unsaturated/α-hetero) is 2. The van der Waals surface area contributed by atoms with E-state index in [0.717, 1.165) is 50.2 Å². The van der Waals surface area contributed by atoms with Crippen LogP contribution < -0.4 is 10.2 Å². The van der Waals surface area contributed by atoms with Crippen molar-refractivity contribution in [3.63, 3.8) is 0 Å². The summed E-state index contributed by atoms with van der Waals surface area (Å²) in [6, 6.07) is 16.4. The predicted octanol–water partition coefficient (Wildman–Crippen LogP) is 6.80. The number of carbonyl (C=O) groups is 3. The number of alkyl halides is 3. The smallest absolute Gasteiger partial charge is 0.394 e. The average molecular weight is 675 g/mol. The van der Waals surface area contributed by atoms with Gasteiger partial charge in [0.2, 0.25) is 0 Å². The molecule has 49 heavy (non-hydrogen) atoms. The van der Waals surface area contributed by atoms with Crippen LogP contribution in [0.25, 0.3) is 11.3 Å². The molecular weight excluding hydrogens is 637 g/mol. The van der Waals surface area contributed by atoms with E-state index in [4.69, 9.17) is 9.84 Å². The van der Waals surface area contributed by atoms with E-state index in [1.165, 1.54) is 30.6 Å². The summed E-state index contributed by atoms with van der Waals surface area (Å²) in [5.74, 6) is -0.974. The number of nitrogens with one attached hydrogen (secondary N) is 1. The van der Waals surface area contributed by atoms with Crippen molar-refractivity contribution in [2.45, 2.75) is 44.7 Å². The van der Waals surface area contributed by atoms with E-state index < -0.39 is 17.6 Å². The Morgan fingerprint density at radius 3 is 2.37 bits per heavy atom. The van der Waals surface area contributed by atoms with E-state index in [1.54, 1.807) is 30.3 Å². The Balaban J connectivity index is 1.34. The van der Waals surface area contributed by atoms with Crippen molar-refractivity contribution in [1.29, 1.82) is 0 Å². The quantitative estimate of drug-likeness (QED) is 0.111. The molecule has 4 aromatic rings. The molecule has 1 fully saturated rings. The Labute approximate surface area is 282 Å². The number of amides is 1. The van der Waals surface area contributed by atoms with Crippen LogP contribution in [0.3, 0.4) is 0 Å². The van der Waals surface area contributed by atoms with E-state index in [0.29, 0.717) is 30.0 Å². The lowest BCUT2D eigenvalue weighted by Gasteiger charge is -2.29. The van der Waals surface area contributed by atoms with Crippen molar-refractivity contribution in [1.82, 2.24) is 9.97 Å². The Morgan fingerprint density at radius 1 is 0.857 bits per heavy atom. The Bertz CT molecular complexity index is 1770. The van der Waals surface area contributed by atoms with Crippen LogP contribution in [0.2, 0.25) is 0 Å². The van der Waals surface area contributed by atoms with Crippen LogP contribution in [0, 0.1) is 0 Å². The number of halogens is 3. The van der Waals surface area contributed by atoms with E-state index in [2.05, 4.69) is 20.2 Å². The predicted molar refractivity (Wildman–Crippen MR) is 179 cm³/mol. The molecule has 1 aromatic heterocycles. The summed E-state index contributed by atoms with van der Waals surface area (Å²) in [6.45, 7) is 2.14. The number of piperidine rings is 1. The van der Waals surface area contributed by atoms with Gasteiger partial charge in [-0.3, -0.25) is 24.4 Å². The van der Waals surface area contributed by atoms with Crippen molar-refractivity contribution < 1.29 is 37.4 Å². The van der Waals surface area contributed by atoms with Crippen molar-refractivity contribution in [3.05, 3.63) is 107 Å². The lowest BCUT2D eigenvalue weighted by molar-refractivity contribution is -0.137. The Hall–Kier alpha value is -4.94. The first kappa shape index (κ1) is 35.4. The minimum absolute atomic E-state index is 0.0903. The first-order chi connectivity index (χ1) is 23.6. The summed E-state index contributed by atoms with van der Waals surface area (Å²) >= 11 is 0. The number of ketones is 2. The van der Waals surface area contributed by atoms with Gasteiger partial charge in [0.25, 0.3) is 5.91 Å². The largest absolute Gasteiger partial charge is 0.416 e. The number of ether oxygens (including phenoxy) is 1. The van der Waals surface area contributed by atoms with Gasteiger partial charge in [0.1, 0.15) is 0 Å².